The van der Waals surface area contributed by atoms with Crippen molar-refractivity contribution in [3.63, 3.8) is 0 Å². The van der Waals surface area contributed by atoms with Crippen LogP contribution in [-0.2, 0) is 10.0 Å². The summed E-state index contributed by atoms with van der Waals surface area (Å²) in [6.45, 7) is 3.47. The standard InChI is InChI=1S/C16H24N2O4S/c1-2-12-23(20,21)17-13-14-8-10-18(11-9-14)16(19)22-15-6-4-3-5-7-15/h3-7,14,17H,2,8-13H2,1H3. The summed E-state index contributed by atoms with van der Waals surface area (Å²) < 4.78 is 31.3. The molecule has 23 heavy (non-hydrogen) atoms. The monoisotopic (exact) mass is 340 g/mol. The number of nitrogens with zero attached hydrogens (tertiary/aromatic N) is 1. The summed E-state index contributed by atoms with van der Waals surface area (Å²) in [7, 11) is -3.16. The average molecular weight is 340 g/mol. The van der Waals surface area contributed by atoms with Gasteiger partial charge in [0.25, 0.3) is 0 Å². The molecule has 1 aromatic rings. The fourth-order valence-corrected chi connectivity index (χ4v) is 3.73. The molecule has 1 fully saturated rings. The number of nitrogens with one attached hydrogen (secondary N) is 1. The zero-order chi connectivity index (χ0) is 16.7. The molecule has 2 rings (SSSR count). The van der Waals surface area contributed by atoms with E-state index in [1.807, 2.05) is 25.1 Å². The number of carbonyl (C=O) groups is 1. The van der Waals surface area contributed by atoms with Gasteiger partial charge in [0.05, 0.1) is 5.75 Å². The van der Waals surface area contributed by atoms with E-state index in [0.29, 0.717) is 31.8 Å². The van der Waals surface area contributed by atoms with Crippen molar-refractivity contribution in [2.75, 3.05) is 25.4 Å². The molecule has 1 aliphatic rings. The largest absolute Gasteiger partial charge is 0.415 e. The summed E-state index contributed by atoms with van der Waals surface area (Å²) in [4.78, 5) is 13.7. The molecule has 0 aliphatic carbocycles. The van der Waals surface area contributed by atoms with Crippen molar-refractivity contribution in [1.82, 2.24) is 9.62 Å². The Bertz CT molecular complexity index is 596. The van der Waals surface area contributed by atoms with E-state index in [1.165, 1.54) is 0 Å². The van der Waals surface area contributed by atoms with E-state index in [-0.39, 0.29) is 17.8 Å². The van der Waals surface area contributed by atoms with Gasteiger partial charge in [0.1, 0.15) is 5.75 Å². The highest BCUT2D eigenvalue weighted by molar-refractivity contribution is 7.89. The first-order valence-corrected chi connectivity index (χ1v) is 9.64. The van der Waals surface area contributed by atoms with Crippen LogP contribution in [0.25, 0.3) is 0 Å². The number of benzene rings is 1. The third-order valence-corrected chi connectivity index (χ3v) is 5.44. The molecule has 0 aromatic heterocycles. The van der Waals surface area contributed by atoms with Gasteiger partial charge < -0.3 is 9.64 Å². The van der Waals surface area contributed by atoms with E-state index in [1.54, 1.807) is 17.0 Å². The number of piperidine rings is 1. The summed E-state index contributed by atoms with van der Waals surface area (Å²) >= 11 is 0. The maximum absolute atomic E-state index is 12.1. The van der Waals surface area contributed by atoms with Gasteiger partial charge in [0.15, 0.2) is 0 Å². The molecule has 1 amide bonds. The minimum Gasteiger partial charge on any atom is -0.410 e. The Morgan fingerprint density at radius 2 is 1.91 bits per heavy atom. The second-order valence-corrected chi connectivity index (χ2v) is 7.71. The molecule has 1 N–H and O–H groups in total. The zero-order valence-electron chi connectivity index (χ0n) is 13.4. The Balaban J connectivity index is 1.74. The van der Waals surface area contributed by atoms with Crippen LogP contribution in [0, 0.1) is 5.92 Å². The number of hydrogen-bond donors (Lipinski definition) is 1. The summed E-state index contributed by atoms with van der Waals surface area (Å²) in [5.74, 6) is 0.962. The number of para-hydroxylation sites is 1. The van der Waals surface area contributed by atoms with Gasteiger partial charge in [-0.15, -0.1) is 0 Å². The molecule has 0 bridgehead atoms. The first-order valence-electron chi connectivity index (χ1n) is 7.99. The molecule has 128 valence electrons. The maximum Gasteiger partial charge on any atom is 0.415 e. The third-order valence-electron chi connectivity index (χ3n) is 3.89. The van der Waals surface area contributed by atoms with Crippen molar-refractivity contribution >= 4 is 16.1 Å². The van der Waals surface area contributed by atoms with Gasteiger partial charge in [-0.2, -0.15) is 0 Å². The predicted octanol–water partition coefficient (Wildman–Crippen LogP) is 2.23. The molecule has 1 aliphatic heterocycles. The molecule has 1 heterocycles. The Morgan fingerprint density at radius 3 is 2.52 bits per heavy atom. The Morgan fingerprint density at radius 1 is 1.26 bits per heavy atom. The minimum atomic E-state index is -3.16. The molecule has 1 saturated heterocycles. The SMILES string of the molecule is CCCS(=O)(=O)NCC1CCN(C(=O)Oc2ccccc2)CC1. The fourth-order valence-electron chi connectivity index (χ4n) is 2.56. The summed E-state index contributed by atoms with van der Waals surface area (Å²) in [5.41, 5.74) is 0. The Kier molecular flexibility index (Phi) is 6.41. The summed E-state index contributed by atoms with van der Waals surface area (Å²) in [6.07, 6.45) is 1.82. The first kappa shape index (κ1) is 17.7. The van der Waals surface area contributed by atoms with Crippen LogP contribution < -0.4 is 9.46 Å². The molecule has 0 atom stereocenters. The number of hydrogen-bond acceptors (Lipinski definition) is 4. The highest BCUT2D eigenvalue weighted by Crippen LogP contribution is 2.18. The average Bonchev–Trinajstić information content (AvgIpc) is 2.54. The van der Waals surface area contributed by atoms with E-state index in [9.17, 15) is 13.2 Å². The van der Waals surface area contributed by atoms with E-state index in [4.69, 9.17) is 4.74 Å². The number of amides is 1. The molecule has 0 radical (unpaired) electrons. The molecule has 1 aromatic carbocycles. The lowest BCUT2D eigenvalue weighted by molar-refractivity contribution is 0.131. The van der Waals surface area contributed by atoms with Gasteiger partial charge in [-0.3, -0.25) is 0 Å². The van der Waals surface area contributed by atoms with Crippen molar-refractivity contribution < 1.29 is 17.9 Å². The molecular formula is C16H24N2O4S. The molecular weight excluding hydrogens is 316 g/mol. The van der Waals surface area contributed by atoms with Crippen LogP contribution in [0.4, 0.5) is 4.79 Å². The smallest absolute Gasteiger partial charge is 0.410 e. The maximum atomic E-state index is 12.1. The second-order valence-electron chi connectivity index (χ2n) is 5.78. The van der Waals surface area contributed by atoms with Crippen molar-refractivity contribution in [3.8, 4) is 5.75 Å². The van der Waals surface area contributed by atoms with Gasteiger partial charge in [0, 0.05) is 19.6 Å². The van der Waals surface area contributed by atoms with Crippen molar-refractivity contribution in [1.29, 1.82) is 0 Å². The highest BCUT2D eigenvalue weighted by atomic mass is 32.2. The van der Waals surface area contributed by atoms with E-state index < -0.39 is 10.0 Å². The van der Waals surface area contributed by atoms with E-state index in [2.05, 4.69) is 4.72 Å². The molecule has 0 unspecified atom stereocenters. The number of carbonyl (C=O) groups excluding carboxylic acids is 1. The Hall–Kier alpha value is -1.60. The van der Waals surface area contributed by atoms with Gasteiger partial charge in [-0.25, -0.2) is 17.9 Å². The number of rotatable bonds is 6. The summed E-state index contributed by atoms with van der Waals surface area (Å²) in [6, 6.07) is 8.98. The van der Waals surface area contributed by atoms with Crippen LogP contribution in [0.1, 0.15) is 26.2 Å². The Labute approximate surface area is 137 Å². The number of ether oxygens (including phenoxy) is 1. The van der Waals surface area contributed by atoms with Crippen LogP contribution in [0.5, 0.6) is 5.75 Å². The zero-order valence-corrected chi connectivity index (χ0v) is 14.2. The van der Waals surface area contributed by atoms with Crippen LogP contribution in [0.15, 0.2) is 30.3 Å². The molecule has 0 spiro atoms. The number of likely N-dealkylation sites (tertiary alicyclic amines) is 1. The second kappa shape index (κ2) is 8.31. The van der Waals surface area contributed by atoms with Crippen LogP contribution >= 0.6 is 0 Å². The highest BCUT2D eigenvalue weighted by Gasteiger charge is 2.25. The quantitative estimate of drug-likeness (QED) is 0.861. The van der Waals surface area contributed by atoms with Crippen molar-refractivity contribution in [2.45, 2.75) is 26.2 Å². The van der Waals surface area contributed by atoms with E-state index >= 15 is 0 Å². The number of sulfonamides is 1. The molecule has 6 nitrogen and oxygen atoms in total. The van der Waals surface area contributed by atoms with Gasteiger partial charge >= 0.3 is 6.09 Å². The van der Waals surface area contributed by atoms with Gasteiger partial charge in [-0.1, -0.05) is 25.1 Å². The minimum absolute atomic E-state index is 0.162. The van der Waals surface area contributed by atoms with Crippen molar-refractivity contribution in [3.05, 3.63) is 30.3 Å². The van der Waals surface area contributed by atoms with Gasteiger partial charge in [0.2, 0.25) is 10.0 Å². The van der Waals surface area contributed by atoms with E-state index in [0.717, 1.165) is 12.8 Å². The lowest BCUT2D eigenvalue weighted by atomic mass is 9.97. The van der Waals surface area contributed by atoms with Gasteiger partial charge in [-0.05, 0) is 37.3 Å². The van der Waals surface area contributed by atoms with Crippen LogP contribution in [0.3, 0.4) is 0 Å². The van der Waals surface area contributed by atoms with Crippen molar-refractivity contribution in [2.24, 2.45) is 5.92 Å². The summed E-state index contributed by atoms with van der Waals surface area (Å²) in [5, 5.41) is 0. The third kappa shape index (κ3) is 5.84. The van der Waals surface area contributed by atoms with Crippen LogP contribution in [0.2, 0.25) is 0 Å². The van der Waals surface area contributed by atoms with Crippen LogP contribution in [-0.4, -0.2) is 44.8 Å². The predicted molar refractivity (Wildman–Crippen MR) is 88.8 cm³/mol. The first-order chi connectivity index (χ1) is 11.0. The lowest BCUT2D eigenvalue weighted by Crippen LogP contribution is -2.42. The topological polar surface area (TPSA) is 75.7 Å². The lowest BCUT2D eigenvalue weighted by Gasteiger charge is -2.31. The molecule has 7 heteroatoms. The normalized spacial score (nSPS) is 16.3. The fraction of sp³-hybridized carbons (Fsp3) is 0.562. The molecule has 0 saturated carbocycles.